The van der Waals surface area contributed by atoms with Gasteiger partial charge >= 0.3 is 0 Å². The quantitative estimate of drug-likeness (QED) is 0.753. The van der Waals surface area contributed by atoms with Crippen LogP contribution in [0.4, 0.5) is 4.39 Å². The minimum Gasteiger partial charge on any atom is -0.352 e. The maximum atomic E-state index is 12.7. The van der Waals surface area contributed by atoms with Crippen LogP contribution in [0, 0.1) is 12.9 Å². The van der Waals surface area contributed by atoms with Crippen molar-refractivity contribution in [2.45, 2.75) is 34.2 Å². The molecule has 0 saturated carbocycles. The Morgan fingerprint density at radius 3 is 2.50 bits per heavy atom. The average Bonchev–Trinajstić information content (AvgIpc) is 2.18. The molecule has 0 bridgehead atoms. The van der Waals surface area contributed by atoms with E-state index in [0.717, 1.165) is 6.07 Å². The number of aromatic nitrogens is 1. The fourth-order valence-electron chi connectivity index (χ4n) is 1.11. The van der Waals surface area contributed by atoms with Crippen LogP contribution in [0.2, 0.25) is 0 Å². The fraction of sp³-hybridized carbons (Fsp3) is 0.455. The predicted octanol–water partition coefficient (Wildman–Crippen LogP) is 1.48. The molecule has 0 radical (unpaired) electrons. The second kappa shape index (κ2) is 6.76. The maximum Gasteiger partial charge on any atom is 0.217 e. The van der Waals surface area contributed by atoms with Gasteiger partial charge in [-0.15, -0.1) is 0 Å². The standard InChI is InChI=1S/C9H11FN2O2.C2H6/c1-5-7(4-11-6(2)13)8(14)3-9(10)12-5;1-2/h3H,4H2,1-2H3,(H,11,13)(H,12,14);1-2H3. The first-order valence-corrected chi connectivity index (χ1v) is 5.13. The van der Waals surface area contributed by atoms with Gasteiger partial charge in [-0.2, -0.15) is 4.39 Å². The van der Waals surface area contributed by atoms with Gasteiger partial charge in [0.2, 0.25) is 5.91 Å². The summed E-state index contributed by atoms with van der Waals surface area (Å²) in [7, 11) is 0. The molecule has 2 N–H and O–H groups in total. The van der Waals surface area contributed by atoms with Crippen molar-refractivity contribution in [3.8, 4) is 0 Å². The van der Waals surface area contributed by atoms with Crippen molar-refractivity contribution >= 4 is 5.91 Å². The summed E-state index contributed by atoms with van der Waals surface area (Å²) in [6.45, 7) is 7.06. The normalized spacial score (nSPS) is 9.06. The second-order valence-electron chi connectivity index (χ2n) is 2.99. The van der Waals surface area contributed by atoms with E-state index in [0.29, 0.717) is 11.3 Å². The zero-order valence-electron chi connectivity index (χ0n) is 9.98. The molecule has 0 aliphatic heterocycles. The summed E-state index contributed by atoms with van der Waals surface area (Å²) in [6.07, 6.45) is 0. The minimum absolute atomic E-state index is 0.122. The molecule has 0 fully saturated rings. The highest BCUT2D eigenvalue weighted by Gasteiger charge is 2.06. The van der Waals surface area contributed by atoms with Gasteiger partial charge in [-0.1, -0.05) is 13.8 Å². The van der Waals surface area contributed by atoms with Gasteiger partial charge in [-0.25, -0.2) is 0 Å². The summed E-state index contributed by atoms with van der Waals surface area (Å²) in [5, 5.41) is 2.48. The van der Waals surface area contributed by atoms with E-state index < -0.39 is 11.4 Å². The monoisotopic (exact) mass is 228 g/mol. The Kier molecular flexibility index (Phi) is 6.07. The van der Waals surface area contributed by atoms with E-state index in [1.54, 1.807) is 6.92 Å². The zero-order chi connectivity index (χ0) is 12.7. The minimum atomic E-state index is -0.668. The van der Waals surface area contributed by atoms with Crippen molar-refractivity contribution in [1.29, 1.82) is 0 Å². The van der Waals surface area contributed by atoms with Gasteiger partial charge in [0.05, 0.1) is 0 Å². The van der Waals surface area contributed by atoms with Crippen molar-refractivity contribution in [1.82, 2.24) is 10.3 Å². The highest BCUT2D eigenvalue weighted by Crippen LogP contribution is 1.99. The molecule has 1 amide bonds. The summed E-state index contributed by atoms with van der Waals surface area (Å²) in [5.41, 5.74) is 0.401. The summed E-state index contributed by atoms with van der Waals surface area (Å²) >= 11 is 0. The third kappa shape index (κ3) is 4.25. The van der Waals surface area contributed by atoms with Crippen molar-refractivity contribution in [3.05, 3.63) is 33.5 Å². The van der Waals surface area contributed by atoms with Crippen LogP contribution in [-0.2, 0) is 11.3 Å². The Hall–Kier alpha value is -1.65. The van der Waals surface area contributed by atoms with Gasteiger partial charge < -0.3 is 10.3 Å². The highest BCUT2D eigenvalue weighted by molar-refractivity contribution is 5.72. The summed E-state index contributed by atoms with van der Waals surface area (Å²) < 4.78 is 12.7. The third-order valence-electron chi connectivity index (χ3n) is 1.83. The molecule has 1 rings (SSSR count). The summed E-state index contributed by atoms with van der Waals surface area (Å²) in [5.74, 6) is -0.896. The molecule has 0 unspecified atom stereocenters. The maximum absolute atomic E-state index is 12.7. The molecule has 0 aromatic carbocycles. The van der Waals surface area contributed by atoms with Gasteiger partial charge in [-0.3, -0.25) is 9.59 Å². The van der Waals surface area contributed by atoms with Crippen LogP contribution >= 0.6 is 0 Å². The predicted molar refractivity (Wildman–Crippen MR) is 60.6 cm³/mol. The van der Waals surface area contributed by atoms with Crippen LogP contribution in [0.1, 0.15) is 32.0 Å². The molecule has 0 saturated heterocycles. The van der Waals surface area contributed by atoms with Crippen molar-refractivity contribution in [2.75, 3.05) is 0 Å². The number of hydrogen-bond acceptors (Lipinski definition) is 2. The van der Waals surface area contributed by atoms with Gasteiger partial charge in [0.25, 0.3) is 0 Å². The van der Waals surface area contributed by atoms with Crippen LogP contribution in [0.3, 0.4) is 0 Å². The second-order valence-corrected chi connectivity index (χ2v) is 2.99. The summed E-state index contributed by atoms with van der Waals surface area (Å²) in [4.78, 5) is 24.3. The number of amides is 1. The van der Waals surface area contributed by atoms with E-state index in [4.69, 9.17) is 0 Å². The molecule has 1 aromatic heterocycles. The number of pyridine rings is 1. The van der Waals surface area contributed by atoms with Gasteiger partial charge in [0.15, 0.2) is 11.4 Å². The molecular formula is C11H17FN2O2. The molecule has 0 aliphatic carbocycles. The number of hydrogen-bond donors (Lipinski definition) is 2. The van der Waals surface area contributed by atoms with E-state index >= 15 is 0 Å². The number of H-pyrrole nitrogens is 1. The van der Waals surface area contributed by atoms with Gasteiger partial charge in [-0.05, 0) is 6.92 Å². The smallest absolute Gasteiger partial charge is 0.217 e. The molecule has 1 aromatic rings. The number of rotatable bonds is 2. The molecule has 0 spiro atoms. The lowest BCUT2D eigenvalue weighted by Gasteiger charge is -2.05. The number of nitrogens with one attached hydrogen (secondary N) is 2. The number of aryl methyl sites for hydroxylation is 1. The first-order chi connectivity index (χ1) is 7.50. The molecule has 5 heteroatoms. The van der Waals surface area contributed by atoms with E-state index in [1.807, 2.05) is 13.8 Å². The first kappa shape index (κ1) is 14.3. The van der Waals surface area contributed by atoms with Crippen molar-refractivity contribution < 1.29 is 9.18 Å². The van der Waals surface area contributed by atoms with Crippen LogP contribution in [0.25, 0.3) is 0 Å². The highest BCUT2D eigenvalue weighted by atomic mass is 19.1. The van der Waals surface area contributed by atoms with Crippen LogP contribution in [0.15, 0.2) is 10.9 Å². The lowest BCUT2D eigenvalue weighted by molar-refractivity contribution is -0.119. The third-order valence-corrected chi connectivity index (χ3v) is 1.83. The van der Waals surface area contributed by atoms with Crippen LogP contribution in [0.5, 0.6) is 0 Å². The van der Waals surface area contributed by atoms with E-state index in [9.17, 15) is 14.0 Å². The number of carbonyl (C=O) groups is 1. The Balaban J connectivity index is 0.00000106. The SMILES string of the molecule is CC.CC(=O)NCc1c(C)[nH]c(F)cc1=O. The molecule has 16 heavy (non-hydrogen) atoms. The Bertz CT molecular complexity index is 413. The van der Waals surface area contributed by atoms with Gasteiger partial charge in [0, 0.05) is 30.8 Å². The Labute approximate surface area is 93.9 Å². The van der Waals surface area contributed by atoms with Crippen LogP contribution < -0.4 is 10.7 Å². The number of aromatic amines is 1. The molecular weight excluding hydrogens is 211 g/mol. The molecule has 0 atom stereocenters. The molecule has 0 aliphatic rings. The van der Waals surface area contributed by atoms with E-state index in [-0.39, 0.29) is 12.5 Å². The number of carbonyl (C=O) groups excluding carboxylic acids is 1. The first-order valence-electron chi connectivity index (χ1n) is 5.13. The lowest BCUT2D eigenvalue weighted by atomic mass is 10.2. The molecule has 1 heterocycles. The molecule has 4 nitrogen and oxygen atoms in total. The van der Waals surface area contributed by atoms with Gasteiger partial charge in [0.1, 0.15) is 0 Å². The van der Waals surface area contributed by atoms with E-state index in [1.165, 1.54) is 6.92 Å². The molecule has 90 valence electrons. The topological polar surface area (TPSA) is 62.0 Å². The largest absolute Gasteiger partial charge is 0.352 e. The Morgan fingerprint density at radius 1 is 1.50 bits per heavy atom. The summed E-state index contributed by atoms with van der Waals surface area (Å²) in [6, 6.07) is 0.865. The zero-order valence-corrected chi connectivity index (χ0v) is 9.98. The Morgan fingerprint density at radius 2 is 2.06 bits per heavy atom. The number of halogens is 1. The lowest BCUT2D eigenvalue weighted by Crippen LogP contribution is -2.25. The van der Waals surface area contributed by atoms with E-state index in [2.05, 4.69) is 10.3 Å². The van der Waals surface area contributed by atoms with Crippen molar-refractivity contribution in [2.24, 2.45) is 0 Å². The van der Waals surface area contributed by atoms with Crippen LogP contribution in [-0.4, -0.2) is 10.9 Å². The van der Waals surface area contributed by atoms with Crippen molar-refractivity contribution in [3.63, 3.8) is 0 Å². The average molecular weight is 228 g/mol. The fourth-order valence-corrected chi connectivity index (χ4v) is 1.11.